The van der Waals surface area contributed by atoms with E-state index in [4.69, 9.17) is 0 Å². The molecule has 4 N–H and O–H groups in total. The molecule has 3 rings (SSSR count). The zero-order valence-corrected chi connectivity index (χ0v) is 19.8. The first kappa shape index (κ1) is 25.4. The van der Waals surface area contributed by atoms with Crippen LogP contribution >= 0.6 is 0 Å². The van der Waals surface area contributed by atoms with Crippen molar-refractivity contribution in [1.82, 2.24) is 0 Å². The van der Waals surface area contributed by atoms with E-state index >= 15 is 0 Å². The minimum Gasteiger partial charge on any atom is -0.412 e. The Morgan fingerprint density at radius 1 is 1.20 bits per heavy atom. The Hall–Kier alpha value is -0.900. The molecule has 0 heterocycles. The van der Waals surface area contributed by atoms with Gasteiger partial charge in [-0.25, -0.2) is 0 Å². The second kappa shape index (κ2) is 10.1. The summed E-state index contributed by atoms with van der Waals surface area (Å²) < 4.78 is 0. The summed E-state index contributed by atoms with van der Waals surface area (Å²) in [6.45, 7) is 13.1. The molecule has 172 valence electrons. The zero-order chi connectivity index (χ0) is 21.2. The fourth-order valence-corrected chi connectivity index (χ4v) is 6.67. The van der Waals surface area contributed by atoms with Gasteiger partial charge in [0.2, 0.25) is 0 Å². The molecule has 3 heteroatoms. The van der Waals surface area contributed by atoms with Crippen LogP contribution in [-0.2, 0) is 0 Å². The van der Waals surface area contributed by atoms with Crippen molar-refractivity contribution in [3.05, 3.63) is 35.5 Å². The standard InChI is InChI=1S/C27H44O2.H2O/c1-19-10-13-23(28)18-22(19)12-11-21-9-7-17-27(5)24(14-15-25(21)27)20(2)8-6-16-26(3,4)29;/h11-12,20,23-25,28-29H,1,6-10,13-18H2,2-5H3;1H2/b21-11-,22-12+;/t20-,23+,24-,25+,27-;/m1./s1. The van der Waals surface area contributed by atoms with Gasteiger partial charge in [0.15, 0.2) is 0 Å². The number of rotatable bonds is 6. The maximum absolute atomic E-state index is 10.0. The molecule has 5 atom stereocenters. The lowest BCUT2D eigenvalue weighted by molar-refractivity contribution is 0.0596. The number of aliphatic hydroxyl groups excluding tert-OH is 1. The van der Waals surface area contributed by atoms with Crippen molar-refractivity contribution < 1.29 is 15.7 Å². The molecular formula is C27H46O3. The molecule has 3 nitrogen and oxygen atoms in total. The number of aliphatic hydroxyl groups is 2. The Morgan fingerprint density at radius 2 is 1.93 bits per heavy atom. The Bertz CT molecular complexity index is 654. The summed E-state index contributed by atoms with van der Waals surface area (Å²) in [5, 5.41) is 20.1. The maximum atomic E-state index is 10.0. The van der Waals surface area contributed by atoms with Crippen molar-refractivity contribution in [3.63, 3.8) is 0 Å². The predicted molar refractivity (Wildman–Crippen MR) is 126 cm³/mol. The van der Waals surface area contributed by atoms with Gasteiger partial charge in [-0.15, -0.1) is 0 Å². The highest BCUT2D eigenvalue weighted by Gasteiger charge is 2.50. The molecule has 0 radical (unpaired) electrons. The highest BCUT2D eigenvalue weighted by atomic mass is 16.3. The summed E-state index contributed by atoms with van der Waals surface area (Å²) in [5.74, 6) is 2.26. The van der Waals surface area contributed by atoms with Crippen molar-refractivity contribution >= 4 is 0 Å². The average Bonchev–Trinajstić information content (AvgIpc) is 2.99. The molecule has 3 aliphatic carbocycles. The summed E-state index contributed by atoms with van der Waals surface area (Å²) in [4.78, 5) is 0. The third kappa shape index (κ3) is 5.87. The van der Waals surface area contributed by atoms with E-state index in [1.165, 1.54) is 49.7 Å². The minimum absolute atomic E-state index is 0. The summed E-state index contributed by atoms with van der Waals surface area (Å²) in [6, 6.07) is 0. The Kier molecular flexibility index (Phi) is 8.58. The molecule has 0 bridgehead atoms. The van der Waals surface area contributed by atoms with Gasteiger partial charge in [0, 0.05) is 0 Å². The molecule has 0 aromatic carbocycles. The molecule has 0 spiro atoms. The Labute approximate surface area is 184 Å². The molecule has 0 amide bonds. The smallest absolute Gasteiger partial charge is 0.0591 e. The average molecular weight is 419 g/mol. The van der Waals surface area contributed by atoms with E-state index in [0.29, 0.717) is 5.41 Å². The van der Waals surface area contributed by atoms with E-state index in [0.717, 1.165) is 49.9 Å². The van der Waals surface area contributed by atoms with E-state index in [1.807, 2.05) is 13.8 Å². The highest BCUT2D eigenvalue weighted by Crippen LogP contribution is 2.60. The van der Waals surface area contributed by atoms with Gasteiger partial charge in [-0.2, -0.15) is 0 Å². The van der Waals surface area contributed by atoms with Gasteiger partial charge in [0.1, 0.15) is 0 Å². The second-order valence-electron chi connectivity index (χ2n) is 11.2. The monoisotopic (exact) mass is 418 g/mol. The fraction of sp³-hybridized carbons (Fsp3) is 0.778. The lowest BCUT2D eigenvalue weighted by atomic mass is 9.60. The van der Waals surface area contributed by atoms with Crippen LogP contribution in [0.4, 0.5) is 0 Å². The Morgan fingerprint density at radius 3 is 2.63 bits per heavy atom. The molecule has 0 aromatic heterocycles. The van der Waals surface area contributed by atoms with Gasteiger partial charge < -0.3 is 15.7 Å². The van der Waals surface area contributed by atoms with Gasteiger partial charge in [-0.1, -0.05) is 56.6 Å². The Balaban J connectivity index is 0.00000320. The third-order valence-electron chi connectivity index (χ3n) is 8.36. The van der Waals surface area contributed by atoms with Crippen molar-refractivity contribution in [2.24, 2.45) is 23.2 Å². The first-order chi connectivity index (χ1) is 13.6. The molecule has 0 unspecified atom stereocenters. The third-order valence-corrected chi connectivity index (χ3v) is 8.36. The molecule has 3 fully saturated rings. The van der Waals surface area contributed by atoms with E-state index in [1.54, 1.807) is 5.57 Å². The van der Waals surface area contributed by atoms with Crippen LogP contribution in [0.1, 0.15) is 98.3 Å². The van der Waals surface area contributed by atoms with Crippen LogP contribution < -0.4 is 0 Å². The van der Waals surface area contributed by atoms with Crippen LogP contribution in [0.2, 0.25) is 0 Å². The van der Waals surface area contributed by atoms with Crippen LogP contribution in [0, 0.1) is 23.2 Å². The molecule has 3 saturated carbocycles. The van der Waals surface area contributed by atoms with Gasteiger partial charge in [0.25, 0.3) is 0 Å². The van der Waals surface area contributed by atoms with Crippen LogP contribution in [0.3, 0.4) is 0 Å². The summed E-state index contributed by atoms with van der Waals surface area (Å²) >= 11 is 0. The lowest BCUT2D eigenvalue weighted by Crippen LogP contribution is -2.36. The van der Waals surface area contributed by atoms with E-state index in [-0.39, 0.29) is 11.6 Å². The molecular weight excluding hydrogens is 372 g/mol. The van der Waals surface area contributed by atoms with Crippen molar-refractivity contribution in [2.75, 3.05) is 0 Å². The van der Waals surface area contributed by atoms with E-state index in [2.05, 4.69) is 32.6 Å². The summed E-state index contributed by atoms with van der Waals surface area (Å²) in [7, 11) is 0. The molecule has 0 aliphatic heterocycles. The normalized spacial score (nSPS) is 35.9. The first-order valence-corrected chi connectivity index (χ1v) is 12.1. The quantitative estimate of drug-likeness (QED) is 0.563. The molecule has 0 aromatic rings. The van der Waals surface area contributed by atoms with E-state index < -0.39 is 5.60 Å². The zero-order valence-electron chi connectivity index (χ0n) is 19.8. The van der Waals surface area contributed by atoms with Crippen LogP contribution in [-0.4, -0.2) is 27.4 Å². The minimum atomic E-state index is -0.535. The van der Waals surface area contributed by atoms with Crippen LogP contribution in [0.25, 0.3) is 0 Å². The highest BCUT2D eigenvalue weighted by molar-refractivity contribution is 5.36. The number of hydrogen-bond donors (Lipinski definition) is 2. The molecule has 0 saturated heterocycles. The number of fused-ring (bicyclic) bond motifs is 1. The second-order valence-corrected chi connectivity index (χ2v) is 11.2. The molecule has 30 heavy (non-hydrogen) atoms. The van der Waals surface area contributed by atoms with Gasteiger partial charge in [0.05, 0.1) is 11.7 Å². The maximum Gasteiger partial charge on any atom is 0.0591 e. The van der Waals surface area contributed by atoms with Crippen molar-refractivity contribution in [2.45, 2.75) is 110 Å². The first-order valence-electron chi connectivity index (χ1n) is 12.1. The predicted octanol–water partition coefficient (Wildman–Crippen LogP) is 5.91. The summed E-state index contributed by atoms with van der Waals surface area (Å²) in [5.41, 5.74) is 4.02. The fourth-order valence-electron chi connectivity index (χ4n) is 6.67. The van der Waals surface area contributed by atoms with Gasteiger partial charge in [-0.05, 0) is 100 Å². The largest absolute Gasteiger partial charge is 0.412 e. The lowest BCUT2D eigenvalue weighted by Gasteiger charge is -2.44. The molecule has 3 aliphatic rings. The van der Waals surface area contributed by atoms with Gasteiger partial charge in [-0.3, -0.25) is 0 Å². The van der Waals surface area contributed by atoms with E-state index in [9.17, 15) is 10.2 Å². The van der Waals surface area contributed by atoms with Crippen LogP contribution in [0.5, 0.6) is 0 Å². The SMILES string of the molecule is C=C1CC[C@H](O)C/C1=C\C=C1\CCC[C@]2(C)[C@@H]([C@H](C)CCCC(C)(C)O)CC[C@@H]12.O. The van der Waals surface area contributed by atoms with Gasteiger partial charge >= 0.3 is 0 Å². The van der Waals surface area contributed by atoms with Crippen LogP contribution in [0.15, 0.2) is 35.5 Å². The van der Waals surface area contributed by atoms with Crippen molar-refractivity contribution in [3.8, 4) is 0 Å². The van der Waals surface area contributed by atoms with Crippen molar-refractivity contribution in [1.29, 1.82) is 0 Å². The summed E-state index contributed by atoms with van der Waals surface area (Å²) in [6.07, 6.45) is 16.9. The number of hydrogen-bond acceptors (Lipinski definition) is 2. The topological polar surface area (TPSA) is 72.0 Å². The number of allylic oxidation sites excluding steroid dienone is 4.